The average molecular weight is 327 g/mol. The monoisotopic (exact) mass is 327 g/mol. The van der Waals surface area contributed by atoms with Crippen LogP contribution in [0.25, 0.3) is 0 Å². The molecular formula is C15H21NO5S. The van der Waals surface area contributed by atoms with Crippen molar-refractivity contribution in [2.45, 2.75) is 30.4 Å². The predicted octanol–water partition coefficient (Wildman–Crippen LogP) is 1.83. The smallest absolute Gasteiger partial charge is 0.414 e. The molecule has 0 aliphatic carbocycles. The first-order valence-electron chi connectivity index (χ1n) is 6.94. The highest BCUT2D eigenvalue weighted by molar-refractivity contribution is 7.98. The molecule has 22 heavy (non-hydrogen) atoms. The molecule has 0 aromatic heterocycles. The molecule has 1 fully saturated rings. The molecule has 1 saturated heterocycles. The number of nitrogens with one attached hydrogen (secondary N) is 1. The first kappa shape index (κ1) is 18.5. The van der Waals surface area contributed by atoms with Crippen molar-refractivity contribution in [3.8, 4) is 0 Å². The zero-order chi connectivity index (χ0) is 16.4. The van der Waals surface area contributed by atoms with E-state index in [0.717, 1.165) is 19.7 Å². The number of aliphatic carboxylic acids is 2. The van der Waals surface area contributed by atoms with Crippen molar-refractivity contribution < 1.29 is 24.5 Å². The van der Waals surface area contributed by atoms with Crippen molar-refractivity contribution >= 4 is 23.7 Å². The second-order valence-corrected chi connectivity index (χ2v) is 5.60. The van der Waals surface area contributed by atoms with Crippen LogP contribution in [-0.2, 0) is 20.9 Å². The van der Waals surface area contributed by atoms with Crippen molar-refractivity contribution in [1.29, 1.82) is 0 Å². The van der Waals surface area contributed by atoms with Crippen LogP contribution in [0.15, 0.2) is 29.2 Å². The van der Waals surface area contributed by atoms with Gasteiger partial charge >= 0.3 is 11.9 Å². The van der Waals surface area contributed by atoms with E-state index in [1.54, 1.807) is 11.8 Å². The molecule has 0 saturated carbocycles. The second-order valence-electron chi connectivity index (χ2n) is 4.72. The summed E-state index contributed by atoms with van der Waals surface area (Å²) in [6, 6.07) is 8.73. The Morgan fingerprint density at radius 1 is 1.27 bits per heavy atom. The van der Waals surface area contributed by atoms with Gasteiger partial charge in [0.15, 0.2) is 0 Å². The Hall–Kier alpha value is -1.57. The quantitative estimate of drug-likeness (QED) is 0.561. The Labute approximate surface area is 133 Å². The summed E-state index contributed by atoms with van der Waals surface area (Å²) < 4.78 is 5.56. The Kier molecular flexibility index (Phi) is 8.57. The van der Waals surface area contributed by atoms with Crippen LogP contribution in [-0.4, -0.2) is 47.7 Å². The standard InChI is InChI=1S/C13H19NOS.C2H2O4/c1-16-13-6-4-11(5-7-13)9-14-10-12-3-2-8-15-12;3-1(4)2(5)6/h4-7,12,14H,2-3,8-10H2,1H3;(H,3,4)(H,5,6). The normalized spacial score (nSPS) is 16.7. The first-order chi connectivity index (χ1) is 10.5. The van der Waals surface area contributed by atoms with Crippen LogP contribution in [0.2, 0.25) is 0 Å². The molecule has 0 bridgehead atoms. The molecular weight excluding hydrogens is 306 g/mol. The maximum absolute atomic E-state index is 9.10. The van der Waals surface area contributed by atoms with E-state index in [4.69, 9.17) is 24.5 Å². The summed E-state index contributed by atoms with van der Waals surface area (Å²) in [6.07, 6.45) is 4.96. The highest BCUT2D eigenvalue weighted by atomic mass is 32.2. The maximum atomic E-state index is 9.10. The summed E-state index contributed by atoms with van der Waals surface area (Å²) >= 11 is 1.78. The zero-order valence-corrected chi connectivity index (χ0v) is 13.3. The molecule has 1 aliphatic heterocycles. The summed E-state index contributed by atoms with van der Waals surface area (Å²) in [5.41, 5.74) is 1.34. The molecule has 0 amide bonds. The molecule has 1 aliphatic rings. The fraction of sp³-hybridized carbons (Fsp3) is 0.467. The number of carboxylic acids is 2. The van der Waals surface area contributed by atoms with Gasteiger partial charge in [-0.05, 0) is 36.8 Å². The fourth-order valence-electron chi connectivity index (χ4n) is 1.93. The van der Waals surface area contributed by atoms with Gasteiger partial charge in [0.1, 0.15) is 0 Å². The molecule has 1 aromatic rings. The number of rotatable bonds is 5. The molecule has 1 atom stereocenters. The average Bonchev–Trinajstić information content (AvgIpc) is 3.02. The van der Waals surface area contributed by atoms with E-state index < -0.39 is 11.9 Å². The summed E-state index contributed by atoms with van der Waals surface area (Å²) in [5, 5.41) is 18.2. The molecule has 1 unspecified atom stereocenters. The number of hydrogen-bond acceptors (Lipinski definition) is 5. The number of carbonyl (C=O) groups is 2. The topological polar surface area (TPSA) is 95.9 Å². The van der Waals surface area contributed by atoms with Crippen molar-refractivity contribution in [2.75, 3.05) is 19.4 Å². The van der Waals surface area contributed by atoms with E-state index in [1.165, 1.54) is 23.3 Å². The number of benzene rings is 1. The minimum Gasteiger partial charge on any atom is -0.473 e. The number of hydrogen-bond donors (Lipinski definition) is 3. The highest BCUT2D eigenvalue weighted by Gasteiger charge is 2.14. The van der Waals surface area contributed by atoms with Gasteiger partial charge in [0.05, 0.1) is 6.10 Å². The third kappa shape index (κ3) is 7.44. The minimum absolute atomic E-state index is 0.436. The first-order valence-corrected chi connectivity index (χ1v) is 8.17. The third-order valence-electron chi connectivity index (χ3n) is 3.07. The van der Waals surface area contributed by atoms with Gasteiger partial charge in [0, 0.05) is 24.6 Å². The lowest BCUT2D eigenvalue weighted by Gasteiger charge is -2.10. The van der Waals surface area contributed by atoms with Crippen LogP contribution >= 0.6 is 11.8 Å². The van der Waals surface area contributed by atoms with Gasteiger partial charge in [-0.1, -0.05) is 12.1 Å². The number of thioether (sulfide) groups is 1. The third-order valence-corrected chi connectivity index (χ3v) is 3.81. The van der Waals surface area contributed by atoms with Crippen molar-refractivity contribution in [2.24, 2.45) is 0 Å². The summed E-state index contributed by atoms with van der Waals surface area (Å²) in [7, 11) is 0. The van der Waals surface area contributed by atoms with E-state index in [-0.39, 0.29) is 0 Å². The molecule has 122 valence electrons. The van der Waals surface area contributed by atoms with Crippen LogP contribution in [0.3, 0.4) is 0 Å². The zero-order valence-electron chi connectivity index (χ0n) is 12.4. The highest BCUT2D eigenvalue weighted by Crippen LogP contribution is 2.15. The van der Waals surface area contributed by atoms with E-state index >= 15 is 0 Å². The lowest BCUT2D eigenvalue weighted by Crippen LogP contribution is -2.25. The van der Waals surface area contributed by atoms with Crippen LogP contribution in [0.5, 0.6) is 0 Å². The second kappa shape index (κ2) is 10.2. The summed E-state index contributed by atoms with van der Waals surface area (Å²) in [5.74, 6) is -3.65. The van der Waals surface area contributed by atoms with Crippen LogP contribution in [0.1, 0.15) is 18.4 Å². The van der Waals surface area contributed by atoms with E-state index in [0.29, 0.717) is 6.10 Å². The van der Waals surface area contributed by atoms with Crippen LogP contribution < -0.4 is 5.32 Å². The molecule has 3 N–H and O–H groups in total. The molecule has 0 radical (unpaired) electrons. The van der Waals surface area contributed by atoms with E-state index in [9.17, 15) is 0 Å². The number of ether oxygens (including phenoxy) is 1. The summed E-state index contributed by atoms with van der Waals surface area (Å²) in [4.78, 5) is 19.5. The Morgan fingerprint density at radius 3 is 2.36 bits per heavy atom. The van der Waals surface area contributed by atoms with E-state index in [1.807, 2.05) is 0 Å². The van der Waals surface area contributed by atoms with Crippen molar-refractivity contribution in [1.82, 2.24) is 5.32 Å². The lowest BCUT2D eigenvalue weighted by atomic mass is 10.2. The minimum atomic E-state index is -1.82. The van der Waals surface area contributed by atoms with Crippen LogP contribution in [0.4, 0.5) is 0 Å². The van der Waals surface area contributed by atoms with Gasteiger partial charge in [-0.2, -0.15) is 0 Å². The maximum Gasteiger partial charge on any atom is 0.414 e. The van der Waals surface area contributed by atoms with Crippen molar-refractivity contribution in [3.63, 3.8) is 0 Å². The molecule has 7 heteroatoms. The van der Waals surface area contributed by atoms with Gasteiger partial charge in [0.25, 0.3) is 0 Å². The SMILES string of the molecule is CSc1ccc(CNCC2CCCO2)cc1.O=C(O)C(=O)O. The lowest BCUT2D eigenvalue weighted by molar-refractivity contribution is -0.159. The molecule has 0 spiro atoms. The van der Waals surface area contributed by atoms with Crippen molar-refractivity contribution in [3.05, 3.63) is 29.8 Å². The molecule has 1 heterocycles. The van der Waals surface area contributed by atoms with Gasteiger partial charge in [0.2, 0.25) is 0 Å². The Balaban J connectivity index is 0.000000346. The predicted molar refractivity (Wildman–Crippen MR) is 84.2 cm³/mol. The van der Waals surface area contributed by atoms with E-state index in [2.05, 4.69) is 35.8 Å². The van der Waals surface area contributed by atoms with Gasteiger partial charge in [-0.15, -0.1) is 11.8 Å². The van der Waals surface area contributed by atoms with Gasteiger partial charge < -0.3 is 20.3 Å². The largest absolute Gasteiger partial charge is 0.473 e. The Morgan fingerprint density at radius 2 is 1.91 bits per heavy atom. The van der Waals surface area contributed by atoms with Crippen LogP contribution in [0, 0.1) is 0 Å². The fourth-order valence-corrected chi connectivity index (χ4v) is 2.33. The molecule has 1 aromatic carbocycles. The summed E-state index contributed by atoms with van der Waals surface area (Å²) in [6.45, 7) is 2.85. The molecule has 6 nitrogen and oxygen atoms in total. The Bertz CT molecular complexity index is 459. The van der Waals surface area contributed by atoms with Gasteiger partial charge in [-0.3, -0.25) is 0 Å². The number of carboxylic acid groups (broad SMARTS) is 2. The van der Waals surface area contributed by atoms with Gasteiger partial charge in [-0.25, -0.2) is 9.59 Å². The molecule has 2 rings (SSSR count).